The molecule has 4 aliphatic rings. The van der Waals surface area contributed by atoms with E-state index in [2.05, 4.69) is 40.7 Å². The van der Waals surface area contributed by atoms with Crippen molar-refractivity contribution in [2.45, 2.75) is 111 Å². The molecule has 0 unspecified atom stereocenters. The molecular formula is C29H50O2. The van der Waals surface area contributed by atoms with Crippen LogP contribution in [0.25, 0.3) is 0 Å². The van der Waals surface area contributed by atoms with Crippen molar-refractivity contribution < 1.29 is 10.2 Å². The molecule has 4 rings (SSSR count). The van der Waals surface area contributed by atoms with Crippen LogP contribution in [-0.4, -0.2) is 22.9 Å². The molecule has 9 atom stereocenters. The molecule has 0 spiro atoms. The maximum absolute atomic E-state index is 10.6. The molecule has 178 valence electrons. The third-order valence-electron chi connectivity index (χ3n) is 11.3. The molecule has 2 heteroatoms. The maximum Gasteiger partial charge on any atom is 0.0577 e. The molecule has 0 heterocycles. The van der Waals surface area contributed by atoms with Gasteiger partial charge in [-0.25, -0.2) is 0 Å². The average molecular weight is 431 g/mol. The molecule has 0 amide bonds. The third kappa shape index (κ3) is 3.96. The molecule has 0 bridgehead atoms. The summed E-state index contributed by atoms with van der Waals surface area (Å²) in [5.41, 5.74) is 1.88. The van der Waals surface area contributed by atoms with E-state index in [1.54, 1.807) is 0 Å². The van der Waals surface area contributed by atoms with E-state index in [-0.39, 0.29) is 11.5 Å². The second-order valence-corrected chi connectivity index (χ2v) is 12.7. The minimum atomic E-state index is -0.189. The lowest BCUT2D eigenvalue weighted by atomic mass is 9.46. The number of hydrogen-bond donors (Lipinski definition) is 2. The van der Waals surface area contributed by atoms with Crippen molar-refractivity contribution in [1.82, 2.24) is 0 Å². The highest BCUT2D eigenvalue weighted by Crippen LogP contribution is 2.67. The van der Waals surface area contributed by atoms with Crippen LogP contribution in [0.1, 0.15) is 105 Å². The first kappa shape index (κ1) is 23.8. The van der Waals surface area contributed by atoms with Gasteiger partial charge in [-0.2, -0.15) is 0 Å². The predicted molar refractivity (Wildman–Crippen MR) is 130 cm³/mol. The number of rotatable bonds is 7. The fourth-order valence-electron chi connectivity index (χ4n) is 9.39. The van der Waals surface area contributed by atoms with E-state index < -0.39 is 0 Å². The summed E-state index contributed by atoms with van der Waals surface area (Å²) < 4.78 is 0. The normalized spacial score (nSPS) is 44.3. The number of aliphatic hydroxyl groups excluding tert-OH is 2. The van der Waals surface area contributed by atoms with E-state index in [0.29, 0.717) is 17.9 Å². The minimum absolute atomic E-state index is 0.0151. The van der Waals surface area contributed by atoms with Gasteiger partial charge in [0.1, 0.15) is 0 Å². The van der Waals surface area contributed by atoms with Crippen LogP contribution in [0.15, 0.2) is 11.6 Å². The number of allylic oxidation sites excluding steroid dienone is 1. The zero-order valence-corrected chi connectivity index (χ0v) is 21.1. The summed E-state index contributed by atoms with van der Waals surface area (Å²) in [4.78, 5) is 0. The molecular weight excluding hydrogens is 380 g/mol. The fourth-order valence-corrected chi connectivity index (χ4v) is 9.39. The molecule has 0 aliphatic heterocycles. The van der Waals surface area contributed by atoms with E-state index >= 15 is 0 Å². The van der Waals surface area contributed by atoms with Crippen molar-refractivity contribution in [3.63, 3.8) is 0 Å². The van der Waals surface area contributed by atoms with Gasteiger partial charge < -0.3 is 10.2 Å². The standard InChI is InChI=1S/C29H50O2/c1-6-21(19(2)3)8-7-20(4)25-11-12-26-24-10-9-22-17-23(31)13-16-29(22,18-30)27(24)14-15-28(25,26)5/h9,19-21,23-27,30-31H,6-8,10-18H2,1-5H3/t20-,21-,23+,24+,25-,26-,27-,28-,29-/m1/s1. The van der Waals surface area contributed by atoms with Crippen LogP contribution in [-0.2, 0) is 0 Å². The SMILES string of the molecule is CC[C@H](CC[C@@H](C)[C@H]1CC[C@@H]2[C@@H]3CC=C4C[C@@H](O)CC[C@]4(CO)[C@@H]3CC[C@@]21C)C(C)C. The van der Waals surface area contributed by atoms with Crippen molar-refractivity contribution in [1.29, 1.82) is 0 Å². The summed E-state index contributed by atoms with van der Waals surface area (Å²) >= 11 is 0. The van der Waals surface area contributed by atoms with Crippen LogP contribution in [0.4, 0.5) is 0 Å². The zero-order chi connectivity index (χ0) is 22.4. The van der Waals surface area contributed by atoms with Crippen molar-refractivity contribution >= 4 is 0 Å². The Hall–Kier alpha value is -0.340. The molecule has 2 N–H and O–H groups in total. The zero-order valence-electron chi connectivity index (χ0n) is 21.1. The highest BCUT2D eigenvalue weighted by Gasteiger charge is 2.60. The van der Waals surface area contributed by atoms with Crippen LogP contribution in [0, 0.1) is 52.3 Å². The van der Waals surface area contributed by atoms with Gasteiger partial charge in [-0.05, 0) is 105 Å². The molecule has 0 aromatic heterocycles. The smallest absolute Gasteiger partial charge is 0.0577 e. The highest BCUT2D eigenvalue weighted by molar-refractivity contribution is 5.26. The van der Waals surface area contributed by atoms with Gasteiger partial charge in [-0.3, -0.25) is 0 Å². The first-order valence-electron chi connectivity index (χ1n) is 13.7. The van der Waals surface area contributed by atoms with Gasteiger partial charge in [0.15, 0.2) is 0 Å². The average Bonchev–Trinajstić information content (AvgIpc) is 3.10. The molecule has 3 fully saturated rings. The molecule has 4 aliphatic carbocycles. The monoisotopic (exact) mass is 430 g/mol. The number of aliphatic hydroxyl groups is 2. The molecule has 3 saturated carbocycles. The Bertz CT molecular complexity index is 653. The second-order valence-electron chi connectivity index (χ2n) is 12.7. The second kappa shape index (κ2) is 9.13. The number of hydrogen-bond acceptors (Lipinski definition) is 2. The summed E-state index contributed by atoms with van der Waals surface area (Å²) in [7, 11) is 0. The summed E-state index contributed by atoms with van der Waals surface area (Å²) in [6, 6.07) is 0. The Morgan fingerprint density at radius 2 is 1.81 bits per heavy atom. The Morgan fingerprint density at radius 3 is 2.48 bits per heavy atom. The molecule has 0 aromatic rings. The van der Waals surface area contributed by atoms with Gasteiger partial charge in [0.05, 0.1) is 12.7 Å². The van der Waals surface area contributed by atoms with Gasteiger partial charge in [0.2, 0.25) is 0 Å². The van der Waals surface area contributed by atoms with Gasteiger partial charge in [-0.15, -0.1) is 0 Å². The van der Waals surface area contributed by atoms with Crippen LogP contribution in [0.5, 0.6) is 0 Å². The van der Waals surface area contributed by atoms with Crippen LogP contribution in [0.2, 0.25) is 0 Å². The first-order chi connectivity index (χ1) is 14.8. The quantitative estimate of drug-likeness (QED) is 0.427. The Morgan fingerprint density at radius 1 is 1.03 bits per heavy atom. The predicted octanol–water partition coefficient (Wildman–Crippen LogP) is 7.00. The molecule has 31 heavy (non-hydrogen) atoms. The van der Waals surface area contributed by atoms with Gasteiger partial charge in [0.25, 0.3) is 0 Å². The van der Waals surface area contributed by atoms with Gasteiger partial charge in [0, 0.05) is 5.41 Å². The minimum Gasteiger partial charge on any atom is -0.395 e. The Kier molecular flexibility index (Phi) is 7.01. The molecule has 0 saturated heterocycles. The van der Waals surface area contributed by atoms with E-state index in [9.17, 15) is 10.2 Å². The fraction of sp³-hybridized carbons (Fsp3) is 0.931. The lowest BCUT2D eigenvalue weighted by molar-refractivity contribution is -0.0797. The lowest BCUT2D eigenvalue weighted by Crippen LogP contribution is -2.53. The largest absolute Gasteiger partial charge is 0.395 e. The topological polar surface area (TPSA) is 40.5 Å². The van der Waals surface area contributed by atoms with E-state index in [1.807, 2.05) is 0 Å². The highest BCUT2D eigenvalue weighted by atomic mass is 16.3. The van der Waals surface area contributed by atoms with Crippen molar-refractivity contribution in [3.8, 4) is 0 Å². The van der Waals surface area contributed by atoms with Crippen LogP contribution >= 0.6 is 0 Å². The van der Waals surface area contributed by atoms with E-state index in [1.165, 1.54) is 56.9 Å². The molecule has 0 aromatic carbocycles. The maximum atomic E-state index is 10.6. The summed E-state index contributed by atoms with van der Waals surface area (Å²) in [6.07, 6.45) is 15.7. The Balaban J connectivity index is 1.50. The van der Waals surface area contributed by atoms with Crippen molar-refractivity contribution in [2.75, 3.05) is 6.61 Å². The molecule has 2 nitrogen and oxygen atoms in total. The van der Waals surface area contributed by atoms with Gasteiger partial charge >= 0.3 is 0 Å². The molecule has 0 radical (unpaired) electrons. The first-order valence-corrected chi connectivity index (χ1v) is 13.7. The third-order valence-corrected chi connectivity index (χ3v) is 11.3. The Labute approximate surface area is 192 Å². The van der Waals surface area contributed by atoms with E-state index in [0.717, 1.165) is 54.8 Å². The van der Waals surface area contributed by atoms with E-state index in [4.69, 9.17) is 0 Å². The van der Waals surface area contributed by atoms with Crippen molar-refractivity contribution in [2.24, 2.45) is 52.3 Å². The van der Waals surface area contributed by atoms with Crippen molar-refractivity contribution in [3.05, 3.63) is 11.6 Å². The number of fused-ring (bicyclic) bond motifs is 5. The lowest BCUT2D eigenvalue weighted by Gasteiger charge is -2.59. The van der Waals surface area contributed by atoms with Gasteiger partial charge in [-0.1, -0.05) is 59.1 Å². The summed E-state index contributed by atoms with van der Waals surface area (Å²) in [6.45, 7) is 12.7. The van der Waals surface area contributed by atoms with Crippen LogP contribution < -0.4 is 0 Å². The summed E-state index contributed by atoms with van der Waals surface area (Å²) in [5.74, 6) is 5.64. The summed E-state index contributed by atoms with van der Waals surface area (Å²) in [5, 5.41) is 20.9. The van der Waals surface area contributed by atoms with Crippen LogP contribution in [0.3, 0.4) is 0 Å².